The van der Waals surface area contributed by atoms with E-state index in [0.717, 1.165) is 4.90 Å². The molecule has 0 radical (unpaired) electrons. The second kappa shape index (κ2) is 7.69. The van der Waals surface area contributed by atoms with Crippen molar-refractivity contribution >= 4 is 35.0 Å². The molecular weight excluding hydrogens is 310 g/mol. The zero-order valence-corrected chi connectivity index (χ0v) is 13.6. The first-order chi connectivity index (χ1) is 11.0. The smallest absolute Gasteiger partial charge is 0.248 e. The number of thioether (sulfide) groups is 1. The molecule has 0 spiro atoms. The van der Waals surface area contributed by atoms with Crippen molar-refractivity contribution in [3.63, 3.8) is 0 Å². The molecule has 120 valence electrons. The minimum absolute atomic E-state index is 0.0823. The number of anilines is 2. The second-order valence-corrected chi connectivity index (χ2v) is 6.29. The highest BCUT2D eigenvalue weighted by atomic mass is 32.2. The van der Waals surface area contributed by atoms with Crippen LogP contribution in [0.1, 0.15) is 23.7 Å². The summed E-state index contributed by atoms with van der Waals surface area (Å²) in [5.74, 6) is -0.575. The van der Waals surface area contributed by atoms with Crippen LogP contribution < -0.4 is 16.8 Å². The molecule has 6 heteroatoms. The molecule has 2 aromatic rings. The van der Waals surface area contributed by atoms with Crippen molar-refractivity contribution in [2.45, 2.75) is 23.5 Å². The third-order valence-corrected chi connectivity index (χ3v) is 4.63. The Morgan fingerprint density at radius 3 is 2.22 bits per heavy atom. The molecule has 2 aromatic carbocycles. The molecule has 2 amide bonds. The summed E-state index contributed by atoms with van der Waals surface area (Å²) in [6.07, 6.45) is 0.695. The highest BCUT2D eigenvalue weighted by Gasteiger charge is 2.18. The minimum Gasteiger partial charge on any atom is -0.399 e. The van der Waals surface area contributed by atoms with Crippen molar-refractivity contribution in [2.24, 2.45) is 5.73 Å². The Balaban J connectivity index is 2.01. The largest absolute Gasteiger partial charge is 0.399 e. The quantitative estimate of drug-likeness (QED) is 0.560. The van der Waals surface area contributed by atoms with Crippen LogP contribution in [0, 0.1) is 0 Å². The Kier molecular flexibility index (Phi) is 5.65. The van der Waals surface area contributed by atoms with Gasteiger partial charge >= 0.3 is 0 Å². The fraction of sp³-hybridized carbons (Fsp3) is 0.176. The minimum atomic E-state index is -0.492. The first-order valence-corrected chi connectivity index (χ1v) is 8.10. The number of carbonyl (C=O) groups is 2. The van der Waals surface area contributed by atoms with Crippen molar-refractivity contribution in [1.29, 1.82) is 0 Å². The molecule has 5 N–H and O–H groups in total. The number of nitrogen functional groups attached to an aromatic ring is 1. The number of primary amides is 1. The first-order valence-electron chi connectivity index (χ1n) is 7.22. The van der Waals surface area contributed by atoms with Gasteiger partial charge in [-0.1, -0.05) is 6.92 Å². The fourth-order valence-electron chi connectivity index (χ4n) is 1.97. The van der Waals surface area contributed by atoms with E-state index in [9.17, 15) is 9.59 Å². The molecule has 0 bridgehead atoms. The van der Waals surface area contributed by atoms with Crippen LogP contribution in [0.2, 0.25) is 0 Å². The van der Waals surface area contributed by atoms with Crippen molar-refractivity contribution in [1.82, 2.24) is 0 Å². The Morgan fingerprint density at radius 1 is 1.09 bits per heavy atom. The van der Waals surface area contributed by atoms with E-state index in [2.05, 4.69) is 5.32 Å². The molecule has 0 aromatic heterocycles. The van der Waals surface area contributed by atoms with Gasteiger partial charge in [-0.05, 0) is 55.0 Å². The monoisotopic (exact) mass is 329 g/mol. The van der Waals surface area contributed by atoms with Crippen molar-refractivity contribution in [3.8, 4) is 0 Å². The SMILES string of the molecule is CCC(Sc1ccc(N)cc1)C(=O)Nc1ccc(C(N)=O)cc1. The molecule has 0 aliphatic rings. The van der Waals surface area contributed by atoms with E-state index in [1.54, 1.807) is 24.3 Å². The zero-order valence-electron chi connectivity index (χ0n) is 12.8. The van der Waals surface area contributed by atoms with Crippen LogP contribution in [0.25, 0.3) is 0 Å². The third kappa shape index (κ3) is 4.75. The van der Waals surface area contributed by atoms with E-state index in [-0.39, 0.29) is 11.2 Å². The van der Waals surface area contributed by atoms with Gasteiger partial charge in [-0.15, -0.1) is 11.8 Å². The van der Waals surface area contributed by atoms with Gasteiger partial charge < -0.3 is 16.8 Å². The Bertz CT molecular complexity index is 684. The number of hydrogen-bond donors (Lipinski definition) is 3. The lowest BCUT2D eigenvalue weighted by Gasteiger charge is -2.15. The number of benzene rings is 2. The van der Waals surface area contributed by atoms with Crippen LogP contribution in [0.4, 0.5) is 11.4 Å². The van der Waals surface area contributed by atoms with E-state index in [4.69, 9.17) is 11.5 Å². The number of amides is 2. The van der Waals surface area contributed by atoms with E-state index >= 15 is 0 Å². The van der Waals surface area contributed by atoms with Crippen LogP contribution in [0.5, 0.6) is 0 Å². The lowest BCUT2D eigenvalue weighted by molar-refractivity contribution is -0.115. The maximum absolute atomic E-state index is 12.4. The highest BCUT2D eigenvalue weighted by molar-refractivity contribution is 8.00. The summed E-state index contributed by atoms with van der Waals surface area (Å²) < 4.78 is 0. The van der Waals surface area contributed by atoms with Crippen LogP contribution >= 0.6 is 11.8 Å². The fourth-order valence-corrected chi connectivity index (χ4v) is 2.93. The van der Waals surface area contributed by atoms with Crippen LogP contribution in [-0.2, 0) is 4.79 Å². The number of rotatable bonds is 6. The van der Waals surface area contributed by atoms with Gasteiger partial charge in [-0.2, -0.15) is 0 Å². The summed E-state index contributed by atoms with van der Waals surface area (Å²) in [5, 5.41) is 2.64. The molecule has 2 rings (SSSR count). The lowest BCUT2D eigenvalue weighted by atomic mass is 10.2. The maximum Gasteiger partial charge on any atom is 0.248 e. The standard InChI is InChI=1S/C17H19N3O2S/c1-2-15(23-14-9-5-12(18)6-10-14)17(22)20-13-7-3-11(4-8-13)16(19)21/h3-10,15H,2,18H2,1H3,(H2,19,21)(H,20,22). The Morgan fingerprint density at radius 2 is 1.70 bits per heavy atom. The molecule has 0 heterocycles. The maximum atomic E-state index is 12.4. The van der Waals surface area contributed by atoms with Gasteiger partial charge in [0, 0.05) is 21.8 Å². The van der Waals surface area contributed by atoms with Crippen molar-refractivity contribution in [2.75, 3.05) is 11.1 Å². The summed E-state index contributed by atoms with van der Waals surface area (Å²) in [6, 6.07) is 13.9. The Hall–Kier alpha value is -2.47. The second-order valence-electron chi connectivity index (χ2n) is 5.01. The van der Waals surface area contributed by atoms with Gasteiger partial charge in [-0.25, -0.2) is 0 Å². The van der Waals surface area contributed by atoms with Crippen LogP contribution in [-0.4, -0.2) is 17.1 Å². The van der Waals surface area contributed by atoms with Gasteiger partial charge in [0.1, 0.15) is 0 Å². The van der Waals surface area contributed by atoms with Crippen molar-refractivity contribution < 1.29 is 9.59 Å². The van der Waals surface area contributed by atoms with Crippen LogP contribution in [0.15, 0.2) is 53.4 Å². The first kappa shape index (κ1) is 16.9. The van der Waals surface area contributed by atoms with E-state index in [1.807, 2.05) is 31.2 Å². The zero-order chi connectivity index (χ0) is 16.8. The predicted octanol–water partition coefficient (Wildman–Crippen LogP) is 2.88. The van der Waals surface area contributed by atoms with Gasteiger partial charge in [0.15, 0.2) is 0 Å². The molecule has 1 atom stereocenters. The molecule has 0 saturated carbocycles. The highest BCUT2D eigenvalue weighted by Crippen LogP contribution is 2.27. The molecular formula is C17H19N3O2S. The average Bonchev–Trinajstić information content (AvgIpc) is 2.54. The summed E-state index contributed by atoms with van der Waals surface area (Å²) in [6.45, 7) is 1.96. The number of nitrogens with one attached hydrogen (secondary N) is 1. The number of hydrogen-bond acceptors (Lipinski definition) is 4. The third-order valence-electron chi connectivity index (χ3n) is 3.26. The number of nitrogens with two attached hydrogens (primary N) is 2. The van der Waals surface area contributed by atoms with E-state index in [1.165, 1.54) is 11.8 Å². The Labute approximate surface area is 139 Å². The number of carbonyl (C=O) groups excluding carboxylic acids is 2. The van der Waals surface area contributed by atoms with Gasteiger partial charge in [0.2, 0.25) is 11.8 Å². The topological polar surface area (TPSA) is 98.2 Å². The van der Waals surface area contributed by atoms with E-state index < -0.39 is 5.91 Å². The normalized spacial score (nSPS) is 11.7. The lowest BCUT2D eigenvalue weighted by Crippen LogP contribution is -2.24. The molecule has 5 nitrogen and oxygen atoms in total. The molecule has 1 unspecified atom stereocenters. The molecule has 0 fully saturated rings. The van der Waals surface area contributed by atoms with Gasteiger partial charge in [0.25, 0.3) is 0 Å². The van der Waals surface area contributed by atoms with Crippen LogP contribution in [0.3, 0.4) is 0 Å². The summed E-state index contributed by atoms with van der Waals surface area (Å²) in [7, 11) is 0. The molecule has 0 aliphatic heterocycles. The predicted molar refractivity (Wildman–Crippen MR) is 94.4 cm³/mol. The van der Waals surface area contributed by atoms with Crippen molar-refractivity contribution in [3.05, 3.63) is 54.1 Å². The van der Waals surface area contributed by atoms with Gasteiger partial charge in [-0.3, -0.25) is 9.59 Å². The summed E-state index contributed by atoms with van der Waals surface area (Å²) in [4.78, 5) is 24.4. The summed E-state index contributed by atoms with van der Waals surface area (Å²) >= 11 is 1.49. The molecule has 23 heavy (non-hydrogen) atoms. The molecule has 0 saturated heterocycles. The van der Waals surface area contributed by atoms with Gasteiger partial charge in [0.05, 0.1) is 5.25 Å². The summed E-state index contributed by atoms with van der Waals surface area (Å²) in [5.41, 5.74) is 12.6. The molecule has 0 aliphatic carbocycles. The van der Waals surface area contributed by atoms with E-state index in [0.29, 0.717) is 23.4 Å². The average molecular weight is 329 g/mol.